The van der Waals surface area contributed by atoms with Crippen LogP contribution in [0, 0.1) is 20.2 Å². The molecule has 33 heavy (non-hydrogen) atoms. The second-order valence-electron chi connectivity index (χ2n) is 6.14. The van der Waals surface area contributed by atoms with E-state index in [-0.39, 0.29) is 22.6 Å². The maximum atomic E-state index is 12.3. The van der Waals surface area contributed by atoms with Crippen molar-refractivity contribution < 1.29 is 28.9 Å². The van der Waals surface area contributed by atoms with Gasteiger partial charge in [0.25, 0.3) is 11.6 Å². The summed E-state index contributed by atoms with van der Waals surface area (Å²) in [4.78, 5) is 52.3. The molecule has 1 amide bonds. The van der Waals surface area contributed by atoms with Crippen LogP contribution in [0.4, 0.5) is 17.2 Å². The summed E-state index contributed by atoms with van der Waals surface area (Å²) in [6.07, 6.45) is 0.965. The minimum atomic E-state index is -0.819. The molecule has 168 valence electrons. The lowest BCUT2D eigenvalue weighted by Gasteiger charge is -2.10. The number of benzene rings is 2. The third kappa shape index (κ3) is 5.32. The zero-order chi connectivity index (χ0) is 24.0. The number of carbonyl (C=O) groups is 2. The summed E-state index contributed by atoms with van der Waals surface area (Å²) >= 11 is 0. The summed E-state index contributed by atoms with van der Waals surface area (Å²) in [6.45, 7) is 0. The Balaban J connectivity index is 1.80. The number of hydrogen-bond donors (Lipinski definition) is 2. The molecule has 2 aromatic carbocycles. The van der Waals surface area contributed by atoms with Gasteiger partial charge in [-0.1, -0.05) is 6.07 Å². The van der Waals surface area contributed by atoms with E-state index in [2.05, 4.69) is 25.6 Å². The van der Waals surface area contributed by atoms with E-state index >= 15 is 0 Å². The fourth-order valence-corrected chi connectivity index (χ4v) is 2.53. The first-order valence-corrected chi connectivity index (χ1v) is 8.96. The van der Waals surface area contributed by atoms with E-state index in [0.29, 0.717) is 0 Å². The van der Waals surface area contributed by atoms with Gasteiger partial charge in [0.15, 0.2) is 0 Å². The van der Waals surface area contributed by atoms with E-state index in [1.165, 1.54) is 49.6 Å². The van der Waals surface area contributed by atoms with Crippen LogP contribution in [0.25, 0.3) is 0 Å². The van der Waals surface area contributed by atoms with Crippen LogP contribution in [0.15, 0.2) is 54.9 Å². The molecule has 0 atom stereocenters. The zero-order valence-corrected chi connectivity index (χ0v) is 16.8. The van der Waals surface area contributed by atoms with Gasteiger partial charge in [-0.3, -0.25) is 35.9 Å². The van der Waals surface area contributed by atoms with Crippen molar-refractivity contribution in [2.24, 2.45) is 0 Å². The predicted molar refractivity (Wildman–Crippen MR) is 111 cm³/mol. The number of aromatic nitrogens is 2. The van der Waals surface area contributed by atoms with Crippen molar-refractivity contribution in [3.05, 3.63) is 86.2 Å². The van der Waals surface area contributed by atoms with Gasteiger partial charge < -0.3 is 9.47 Å². The molecule has 1 heterocycles. The Morgan fingerprint density at radius 1 is 0.970 bits per heavy atom. The van der Waals surface area contributed by atoms with Crippen molar-refractivity contribution in [3.8, 4) is 11.6 Å². The van der Waals surface area contributed by atoms with Crippen molar-refractivity contribution in [2.75, 3.05) is 12.5 Å². The molecule has 0 spiro atoms. The number of hydrazine groups is 1. The highest BCUT2D eigenvalue weighted by Crippen LogP contribution is 2.33. The molecular weight excluding hydrogens is 440 g/mol. The highest BCUT2D eigenvalue weighted by molar-refractivity contribution is 5.95. The normalized spacial score (nSPS) is 10.1. The third-order valence-corrected chi connectivity index (χ3v) is 4.07. The Bertz CT molecular complexity index is 1230. The lowest BCUT2D eigenvalue weighted by molar-refractivity contribution is -0.385. The van der Waals surface area contributed by atoms with E-state index in [0.717, 1.165) is 12.4 Å². The van der Waals surface area contributed by atoms with Gasteiger partial charge in [-0.05, 0) is 30.3 Å². The summed E-state index contributed by atoms with van der Waals surface area (Å²) in [7, 11) is 1.23. The minimum absolute atomic E-state index is 0.0596. The number of methoxy groups -OCH3 is 1. The summed E-state index contributed by atoms with van der Waals surface area (Å²) in [5.41, 5.74) is 3.67. The van der Waals surface area contributed by atoms with Crippen molar-refractivity contribution in [1.82, 2.24) is 15.4 Å². The molecule has 0 saturated carbocycles. The number of nitrogens with zero attached hydrogens (tertiary/aromatic N) is 4. The molecule has 1 aromatic heterocycles. The van der Waals surface area contributed by atoms with Crippen LogP contribution >= 0.6 is 0 Å². The van der Waals surface area contributed by atoms with Crippen molar-refractivity contribution in [2.45, 2.75) is 0 Å². The van der Waals surface area contributed by atoms with Gasteiger partial charge in [-0.25, -0.2) is 9.78 Å². The number of carbonyl (C=O) groups excluding carboxylic acids is 2. The average Bonchev–Trinajstić information content (AvgIpc) is 2.82. The highest BCUT2D eigenvalue weighted by Gasteiger charge is 2.26. The molecule has 3 aromatic rings. The molecule has 14 heteroatoms. The first-order valence-electron chi connectivity index (χ1n) is 8.96. The summed E-state index contributed by atoms with van der Waals surface area (Å²) in [5.74, 6) is -2.06. The first-order chi connectivity index (χ1) is 15.8. The molecule has 3 rings (SSSR count). The molecule has 0 unspecified atom stereocenters. The van der Waals surface area contributed by atoms with Gasteiger partial charge >= 0.3 is 17.5 Å². The molecule has 0 aliphatic carbocycles. The maximum Gasteiger partial charge on any atom is 0.374 e. The molecule has 0 aliphatic rings. The second-order valence-corrected chi connectivity index (χ2v) is 6.14. The maximum absolute atomic E-state index is 12.3. The lowest BCUT2D eigenvalue weighted by Crippen LogP contribution is -2.30. The molecular formula is C19H14N6O8. The van der Waals surface area contributed by atoms with Crippen LogP contribution in [-0.2, 0) is 4.74 Å². The van der Waals surface area contributed by atoms with Crippen LogP contribution in [0.5, 0.6) is 11.6 Å². The molecule has 0 saturated heterocycles. The fourth-order valence-electron chi connectivity index (χ4n) is 2.53. The van der Waals surface area contributed by atoms with Gasteiger partial charge in [0.05, 0.1) is 22.5 Å². The number of nitro benzene ring substituents is 1. The first kappa shape index (κ1) is 22.5. The zero-order valence-electron chi connectivity index (χ0n) is 16.8. The van der Waals surface area contributed by atoms with E-state index in [9.17, 15) is 29.8 Å². The van der Waals surface area contributed by atoms with Crippen LogP contribution in [0.2, 0.25) is 0 Å². The van der Waals surface area contributed by atoms with Crippen molar-refractivity contribution in [1.29, 1.82) is 0 Å². The molecule has 0 bridgehead atoms. The number of anilines is 1. The van der Waals surface area contributed by atoms with Crippen LogP contribution in [-0.4, -0.2) is 38.8 Å². The molecule has 0 aliphatic heterocycles. The Hall–Kier alpha value is -5.14. The van der Waals surface area contributed by atoms with Gasteiger partial charge in [0.1, 0.15) is 12.1 Å². The molecule has 2 N–H and O–H groups in total. The number of hydrogen-bond acceptors (Lipinski definition) is 11. The standard InChI is InChI=1S/C19H14N6O8/c1-32-19(27)11-5-7-14(8-6-11)33-18-15(25(30)31)16(20-10-21-18)22-23-17(26)12-3-2-4-13(9-12)24(28)29/h2-10H,1H3,(H,23,26)(H,20,21,22). The molecule has 0 radical (unpaired) electrons. The minimum Gasteiger partial charge on any atom is -0.465 e. The van der Waals surface area contributed by atoms with Crippen LogP contribution in [0.1, 0.15) is 20.7 Å². The van der Waals surface area contributed by atoms with Gasteiger partial charge in [-0.15, -0.1) is 0 Å². The largest absolute Gasteiger partial charge is 0.465 e. The topological polar surface area (TPSA) is 189 Å². The van der Waals surface area contributed by atoms with Gasteiger partial charge in [-0.2, -0.15) is 4.98 Å². The van der Waals surface area contributed by atoms with E-state index in [1.54, 1.807) is 0 Å². The van der Waals surface area contributed by atoms with Crippen molar-refractivity contribution in [3.63, 3.8) is 0 Å². The number of ether oxygens (including phenoxy) is 2. The average molecular weight is 454 g/mol. The Kier molecular flexibility index (Phi) is 6.68. The summed E-state index contributed by atoms with van der Waals surface area (Å²) < 4.78 is 10.0. The van der Waals surface area contributed by atoms with Gasteiger partial charge in [0, 0.05) is 17.7 Å². The van der Waals surface area contributed by atoms with Crippen LogP contribution in [0.3, 0.4) is 0 Å². The van der Waals surface area contributed by atoms with Gasteiger partial charge in [0.2, 0.25) is 5.82 Å². The lowest BCUT2D eigenvalue weighted by atomic mass is 10.2. The summed E-state index contributed by atoms with van der Waals surface area (Å²) in [6, 6.07) is 10.4. The molecule has 14 nitrogen and oxygen atoms in total. The summed E-state index contributed by atoms with van der Waals surface area (Å²) in [5, 5.41) is 22.5. The predicted octanol–water partition coefficient (Wildman–Crippen LogP) is 2.63. The molecule has 0 fully saturated rings. The number of nitro groups is 2. The third-order valence-electron chi connectivity index (χ3n) is 4.07. The van der Waals surface area contributed by atoms with Crippen molar-refractivity contribution >= 4 is 29.1 Å². The van der Waals surface area contributed by atoms with E-state index in [1.807, 2.05) is 0 Å². The number of non-ortho nitro benzene ring substituents is 1. The second kappa shape index (κ2) is 9.78. The number of esters is 1. The van der Waals surface area contributed by atoms with Crippen LogP contribution < -0.4 is 15.6 Å². The van der Waals surface area contributed by atoms with E-state index in [4.69, 9.17) is 4.74 Å². The fraction of sp³-hybridized carbons (Fsp3) is 0.0526. The van der Waals surface area contributed by atoms with E-state index < -0.39 is 39.1 Å². The Morgan fingerprint density at radius 3 is 2.33 bits per heavy atom. The Labute approximate surface area is 184 Å². The SMILES string of the molecule is COC(=O)c1ccc(Oc2ncnc(NNC(=O)c3cccc([N+](=O)[O-])c3)c2[N+](=O)[O-])cc1. The monoisotopic (exact) mass is 454 g/mol. The number of amides is 1. The number of nitrogens with one attached hydrogen (secondary N) is 2. The highest BCUT2D eigenvalue weighted by atomic mass is 16.6. The smallest absolute Gasteiger partial charge is 0.374 e. The Morgan fingerprint density at radius 2 is 1.70 bits per heavy atom. The number of rotatable bonds is 8. The quantitative estimate of drug-likeness (QED) is 0.289.